The maximum absolute atomic E-state index is 9.75. The molecule has 1 saturated heterocycles. The molecule has 0 spiro atoms. The molecule has 1 fully saturated rings. The Hall–Kier alpha value is -0.725. The minimum absolute atomic E-state index is 1.22. The lowest BCUT2D eigenvalue weighted by Gasteiger charge is -2.31. The van der Waals surface area contributed by atoms with Gasteiger partial charge in [0.15, 0.2) is 0 Å². The Morgan fingerprint density at radius 2 is 0.792 bits per heavy atom. The van der Waals surface area contributed by atoms with Gasteiger partial charge in [-0.3, -0.25) is 0 Å². The van der Waals surface area contributed by atoms with Gasteiger partial charge in [0.2, 0.25) is 0 Å². The smallest absolute Gasteiger partial charge is 0.418 e. The summed E-state index contributed by atoms with van der Waals surface area (Å²) in [5.74, 6) is 0. The van der Waals surface area contributed by atoms with Gasteiger partial charge in [-0.15, -0.1) is 0 Å². The van der Waals surface area contributed by atoms with Gasteiger partial charge in [0, 0.05) is 26.2 Å². The number of rotatable bonds is 1. The van der Waals surface area contributed by atoms with Crippen molar-refractivity contribution in [1.82, 2.24) is 9.80 Å². The monoisotopic (exact) mass is 389 g/mol. The molecule has 0 N–H and O–H groups in total. The molecule has 0 unspecified atom stereocenters. The van der Waals surface area contributed by atoms with Crippen LogP contribution in [-0.2, 0) is 0 Å². The molecule has 1 heterocycles. The second kappa shape index (κ2) is 12.6. The van der Waals surface area contributed by atoms with Crippen molar-refractivity contribution < 1.29 is 51.8 Å². The van der Waals surface area contributed by atoms with Gasteiger partial charge in [-0.1, -0.05) is 6.92 Å². The first-order valence-electron chi connectivity index (χ1n) is 6.35. The summed E-state index contributed by atoms with van der Waals surface area (Å²) >= 11 is 0. The van der Waals surface area contributed by atoms with Gasteiger partial charge in [-0.2, -0.15) is 0 Å². The molecule has 0 aromatic rings. The minimum atomic E-state index is -6.00. The quantitative estimate of drug-likeness (QED) is 0.492. The third-order valence-electron chi connectivity index (χ3n) is 2.04. The molecule has 0 saturated carbocycles. The number of likely N-dealkylation sites (N-methyl/N-ethyl adjacent to an activating group) is 2. The topological polar surface area (TPSA) is 6.48 Å². The van der Waals surface area contributed by atoms with Crippen LogP contribution in [0.3, 0.4) is 0 Å². The van der Waals surface area contributed by atoms with E-state index in [0.717, 1.165) is 0 Å². The van der Waals surface area contributed by atoms with Crippen LogP contribution in [0.5, 0.6) is 0 Å². The first kappa shape index (κ1) is 28.1. The lowest BCUT2D eigenvalue weighted by molar-refractivity contribution is 0.160. The standard InChI is InChI=1S/C7H16N2.3BF4/c1-3-9-6-4-8(2)5-7-9;3*2-1(3,4)5/h3-7H2,1-2H3;;;/q;3*-1. The lowest BCUT2D eigenvalue weighted by atomic mass is 10.3. The van der Waals surface area contributed by atoms with Crippen molar-refractivity contribution in [3.8, 4) is 0 Å². The van der Waals surface area contributed by atoms with E-state index >= 15 is 0 Å². The van der Waals surface area contributed by atoms with E-state index in [1.54, 1.807) is 0 Å². The number of halogens is 12. The van der Waals surface area contributed by atoms with Crippen LogP contribution < -0.4 is 0 Å². The van der Waals surface area contributed by atoms with Crippen molar-refractivity contribution in [2.45, 2.75) is 6.92 Å². The molecule has 1 aliphatic rings. The maximum atomic E-state index is 9.75. The minimum Gasteiger partial charge on any atom is -0.418 e. The zero-order valence-electron chi connectivity index (χ0n) is 12.7. The van der Waals surface area contributed by atoms with Gasteiger partial charge in [0.05, 0.1) is 0 Å². The van der Waals surface area contributed by atoms with Crippen LogP contribution in [0.2, 0.25) is 0 Å². The normalized spacial score (nSPS) is 16.8. The number of piperazine rings is 1. The Bertz CT molecular complexity index is 239. The average Bonchev–Trinajstić information content (AvgIpc) is 2.23. The summed E-state index contributed by atoms with van der Waals surface area (Å²) in [5, 5.41) is 0. The summed E-state index contributed by atoms with van der Waals surface area (Å²) in [5.41, 5.74) is 0. The van der Waals surface area contributed by atoms with Crippen molar-refractivity contribution in [2.24, 2.45) is 0 Å². The summed E-state index contributed by atoms with van der Waals surface area (Å²) in [6, 6.07) is 0. The summed E-state index contributed by atoms with van der Waals surface area (Å²) < 4.78 is 117. The number of hydrogen-bond donors (Lipinski definition) is 0. The van der Waals surface area contributed by atoms with E-state index in [9.17, 15) is 51.8 Å². The van der Waals surface area contributed by atoms with Crippen molar-refractivity contribution in [1.29, 1.82) is 0 Å². The van der Waals surface area contributed by atoms with Crippen molar-refractivity contribution in [3.05, 3.63) is 0 Å². The summed E-state index contributed by atoms with van der Waals surface area (Å²) in [7, 11) is -15.8. The fraction of sp³-hybridized carbons (Fsp3) is 1.00. The second-order valence-electron chi connectivity index (χ2n) is 4.22. The number of hydrogen-bond acceptors (Lipinski definition) is 2. The zero-order valence-corrected chi connectivity index (χ0v) is 12.7. The Morgan fingerprint density at radius 3 is 0.958 bits per heavy atom. The predicted octanol–water partition coefficient (Wildman–Crippen LogP) is 4.15. The fourth-order valence-corrected chi connectivity index (χ4v) is 1.16. The highest BCUT2D eigenvalue weighted by Gasteiger charge is 2.21. The van der Waals surface area contributed by atoms with Crippen LogP contribution in [-0.4, -0.2) is 71.3 Å². The molecule has 1 aliphatic heterocycles. The average molecular weight is 389 g/mol. The molecule has 0 aromatic carbocycles. The summed E-state index contributed by atoms with van der Waals surface area (Å²) in [6.45, 7) is 8.45. The molecule has 1 rings (SSSR count). The Morgan fingerprint density at radius 1 is 0.583 bits per heavy atom. The van der Waals surface area contributed by atoms with E-state index in [-0.39, 0.29) is 0 Å². The molecule has 0 amide bonds. The predicted molar refractivity (Wildman–Crippen MR) is 70.2 cm³/mol. The lowest BCUT2D eigenvalue weighted by Crippen LogP contribution is -2.44. The molecule has 0 bridgehead atoms. The highest BCUT2D eigenvalue weighted by atomic mass is 19.5. The molecule has 24 heavy (non-hydrogen) atoms. The van der Waals surface area contributed by atoms with Crippen molar-refractivity contribution in [3.63, 3.8) is 0 Å². The molecule has 0 aromatic heterocycles. The van der Waals surface area contributed by atoms with Gasteiger partial charge in [-0.05, 0) is 13.6 Å². The van der Waals surface area contributed by atoms with Gasteiger partial charge >= 0.3 is 21.8 Å². The van der Waals surface area contributed by atoms with Crippen LogP contribution >= 0.6 is 0 Å². The number of nitrogens with zero attached hydrogens (tertiary/aromatic N) is 2. The van der Waals surface area contributed by atoms with Gasteiger partial charge in [0.1, 0.15) is 0 Å². The largest absolute Gasteiger partial charge is 0.673 e. The highest BCUT2D eigenvalue weighted by Crippen LogP contribution is 2.07. The molecule has 0 radical (unpaired) electrons. The Kier molecular flexibility index (Phi) is 14.8. The van der Waals surface area contributed by atoms with E-state index in [1.165, 1.54) is 32.7 Å². The van der Waals surface area contributed by atoms with E-state index in [0.29, 0.717) is 0 Å². The second-order valence-corrected chi connectivity index (χ2v) is 4.22. The maximum Gasteiger partial charge on any atom is 0.673 e. The van der Waals surface area contributed by atoms with Crippen LogP contribution in [0.1, 0.15) is 6.92 Å². The van der Waals surface area contributed by atoms with Crippen molar-refractivity contribution in [2.75, 3.05) is 39.8 Å². The molecule has 0 aliphatic carbocycles. The SMILES string of the molecule is CCN1CCN(C)CC1.F[B-](F)(F)F.F[B-](F)(F)F.F[B-](F)(F)F. The molecule has 2 nitrogen and oxygen atoms in total. The summed E-state index contributed by atoms with van der Waals surface area (Å²) in [4.78, 5) is 4.87. The molecule has 150 valence electrons. The third-order valence-corrected chi connectivity index (χ3v) is 2.04. The Labute approximate surface area is 131 Å². The van der Waals surface area contributed by atoms with Crippen LogP contribution in [0.25, 0.3) is 0 Å². The first-order valence-corrected chi connectivity index (χ1v) is 6.35. The van der Waals surface area contributed by atoms with E-state index in [1.807, 2.05) is 0 Å². The van der Waals surface area contributed by atoms with E-state index < -0.39 is 21.8 Å². The van der Waals surface area contributed by atoms with Crippen LogP contribution in [0.4, 0.5) is 51.8 Å². The molecule has 0 atom stereocenters. The Balaban J connectivity index is -0.000000259. The van der Waals surface area contributed by atoms with E-state index in [2.05, 4.69) is 23.8 Å². The van der Waals surface area contributed by atoms with E-state index in [4.69, 9.17) is 0 Å². The van der Waals surface area contributed by atoms with Crippen molar-refractivity contribution >= 4 is 21.8 Å². The highest BCUT2D eigenvalue weighted by molar-refractivity contribution is 6.50. The van der Waals surface area contributed by atoms with Gasteiger partial charge in [-0.25, -0.2) is 0 Å². The third kappa shape index (κ3) is 68.8. The fourth-order valence-electron chi connectivity index (χ4n) is 1.16. The first-order chi connectivity index (χ1) is 10.3. The van der Waals surface area contributed by atoms with Gasteiger partial charge < -0.3 is 61.6 Å². The van der Waals surface area contributed by atoms with Crippen LogP contribution in [0, 0.1) is 0 Å². The zero-order chi connectivity index (χ0) is 20.2. The molecular formula is C7H16B3F12N2-3. The molecule has 17 heteroatoms. The molecular weight excluding hydrogens is 373 g/mol. The van der Waals surface area contributed by atoms with Crippen LogP contribution in [0.15, 0.2) is 0 Å². The van der Waals surface area contributed by atoms with Gasteiger partial charge in [0.25, 0.3) is 0 Å². The summed E-state index contributed by atoms with van der Waals surface area (Å²) in [6.07, 6.45) is 0.